The summed E-state index contributed by atoms with van der Waals surface area (Å²) >= 11 is 0. The van der Waals surface area contributed by atoms with Crippen LogP contribution in [0.1, 0.15) is 16.1 Å². The maximum atomic E-state index is 12.5. The average Bonchev–Trinajstić information content (AvgIpc) is 3.06. The first kappa shape index (κ1) is 17.2. The molecule has 1 aromatic carbocycles. The highest BCUT2D eigenvalue weighted by atomic mass is 16.2. The lowest BCUT2D eigenvalue weighted by molar-refractivity contribution is -0.125. The SMILES string of the molecule is Cn1ccc(C(=O)N2CCN(CCc3ccccc3)[C@H](C(N)=O)C2)n1. The van der Waals surface area contributed by atoms with Gasteiger partial charge in [-0.25, -0.2) is 0 Å². The highest BCUT2D eigenvalue weighted by molar-refractivity contribution is 5.93. The molecule has 3 rings (SSSR count). The largest absolute Gasteiger partial charge is 0.368 e. The van der Waals surface area contributed by atoms with E-state index in [1.807, 2.05) is 18.2 Å². The van der Waals surface area contributed by atoms with Crippen LogP contribution < -0.4 is 5.73 Å². The van der Waals surface area contributed by atoms with Gasteiger partial charge in [0, 0.05) is 39.4 Å². The Morgan fingerprint density at radius 1 is 1.20 bits per heavy atom. The standard InChI is InChI=1S/C18H23N5O2/c1-21-9-8-15(20-21)18(25)23-12-11-22(16(13-23)17(19)24)10-7-14-5-3-2-4-6-14/h2-6,8-9,16H,7,10-13H2,1H3,(H2,19,24)/t16-/m0/s1. The highest BCUT2D eigenvalue weighted by Crippen LogP contribution is 2.14. The van der Waals surface area contributed by atoms with E-state index in [1.54, 1.807) is 28.9 Å². The molecule has 0 spiro atoms. The number of piperazine rings is 1. The van der Waals surface area contributed by atoms with Gasteiger partial charge in [0.15, 0.2) is 0 Å². The molecule has 1 aromatic heterocycles. The monoisotopic (exact) mass is 341 g/mol. The third-order valence-corrected chi connectivity index (χ3v) is 4.57. The van der Waals surface area contributed by atoms with Crippen LogP contribution in [0.5, 0.6) is 0 Å². The van der Waals surface area contributed by atoms with E-state index in [2.05, 4.69) is 22.1 Å². The van der Waals surface area contributed by atoms with Crippen LogP contribution in [-0.2, 0) is 18.3 Å². The summed E-state index contributed by atoms with van der Waals surface area (Å²) in [7, 11) is 1.77. The molecule has 0 aliphatic carbocycles. The first-order valence-electron chi connectivity index (χ1n) is 8.41. The van der Waals surface area contributed by atoms with Gasteiger partial charge in [0.25, 0.3) is 5.91 Å². The number of carbonyl (C=O) groups excluding carboxylic acids is 2. The number of rotatable bonds is 5. The molecule has 0 unspecified atom stereocenters. The number of amides is 2. The molecule has 0 radical (unpaired) electrons. The van der Waals surface area contributed by atoms with E-state index < -0.39 is 11.9 Å². The molecule has 1 fully saturated rings. The topological polar surface area (TPSA) is 84.5 Å². The summed E-state index contributed by atoms with van der Waals surface area (Å²) in [5, 5.41) is 4.15. The number of aromatic nitrogens is 2. The van der Waals surface area contributed by atoms with E-state index in [4.69, 9.17) is 5.73 Å². The highest BCUT2D eigenvalue weighted by Gasteiger charge is 2.33. The zero-order chi connectivity index (χ0) is 17.8. The van der Waals surface area contributed by atoms with Crippen LogP contribution in [-0.4, -0.2) is 63.6 Å². The third-order valence-electron chi connectivity index (χ3n) is 4.57. The molecule has 7 heteroatoms. The summed E-state index contributed by atoms with van der Waals surface area (Å²) < 4.78 is 1.59. The number of primary amides is 1. The lowest BCUT2D eigenvalue weighted by Crippen LogP contribution is -2.59. The van der Waals surface area contributed by atoms with Crippen molar-refractivity contribution in [3.8, 4) is 0 Å². The van der Waals surface area contributed by atoms with E-state index in [0.717, 1.165) is 13.0 Å². The Morgan fingerprint density at radius 2 is 1.96 bits per heavy atom. The number of nitrogens with zero attached hydrogens (tertiary/aromatic N) is 4. The van der Waals surface area contributed by atoms with Crippen LogP contribution in [0, 0.1) is 0 Å². The maximum absolute atomic E-state index is 12.5. The van der Waals surface area contributed by atoms with Crippen molar-refractivity contribution < 1.29 is 9.59 Å². The molecule has 1 atom stereocenters. The van der Waals surface area contributed by atoms with Crippen molar-refractivity contribution in [3.63, 3.8) is 0 Å². The minimum atomic E-state index is -0.467. The number of hydrogen-bond donors (Lipinski definition) is 1. The number of carbonyl (C=O) groups is 2. The Bertz CT molecular complexity index is 743. The van der Waals surface area contributed by atoms with Crippen molar-refractivity contribution >= 4 is 11.8 Å². The van der Waals surface area contributed by atoms with Gasteiger partial charge in [0.2, 0.25) is 5.91 Å². The van der Waals surface area contributed by atoms with Gasteiger partial charge in [-0.05, 0) is 18.1 Å². The fourth-order valence-electron chi connectivity index (χ4n) is 3.15. The van der Waals surface area contributed by atoms with Gasteiger partial charge in [0.1, 0.15) is 11.7 Å². The molecular weight excluding hydrogens is 318 g/mol. The van der Waals surface area contributed by atoms with E-state index in [9.17, 15) is 9.59 Å². The van der Waals surface area contributed by atoms with Crippen molar-refractivity contribution in [1.29, 1.82) is 0 Å². The summed E-state index contributed by atoms with van der Waals surface area (Å²) in [5.41, 5.74) is 7.21. The average molecular weight is 341 g/mol. The van der Waals surface area contributed by atoms with Gasteiger partial charge in [-0.1, -0.05) is 30.3 Å². The van der Waals surface area contributed by atoms with E-state index >= 15 is 0 Å². The summed E-state index contributed by atoms with van der Waals surface area (Å²) in [6, 6.07) is 11.3. The molecule has 1 saturated heterocycles. The molecule has 2 aromatic rings. The lowest BCUT2D eigenvalue weighted by Gasteiger charge is -2.39. The van der Waals surface area contributed by atoms with Gasteiger partial charge in [-0.2, -0.15) is 5.10 Å². The number of hydrogen-bond acceptors (Lipinski definition) is 4. The van der Waals surface area contributed by atoms with Crippen molar-refractivity contribution in [2.45, 2.75) is 12.5 Å². The molecule has 2 heterocycles. The van der Waals surface area contributed by atoms with Crippen molar-refractivity contribution in [3.05, 3.63) is 53.9 Å². The van der Waals surface area contributed by atoms with Gasteiger partial charge >= 0.3 is 0 Å². The Kier molecular flexibility index (Phi) is 5.14. The number of benzene rings is 1. The van der Waals surface area contributed by atoms with Crippen molar-refractivity contribution in [1.82, 2.24) is 19.6 Å². The normalized spacial score (nSPS) is 18.3. The van der Waals surface area contributed by atoms with Crippen molar-refractivity contribution in [2.75, 3.05) is 26.2 Å². The predicted molar refractivity (Wildman–Crippen MR) is 93.8 cm³/mol. The molecule has 0 bridgehead atoms. The van der Waals surface area contributed by atoms with E-state index in [1.165, 1.54) is 5.56 Å². The molecular formula is C18H23N5O2. The Labute approximate surface area is 147 Å². The zero-order valence-corrected chi connectivity index (χ0v) is 14.3. The van der Waals surface area contributed by atoms with Crippen molar-refractivity contribution in [2.24, 2.45) is 12.8 Å². The minimum Gasteiger partial charge on any atom is -0.368 e. The van der Waals surface area contributed by atoms with Crippen LogP contribution in [0.2, 0.25) is 0 Å². The fraction of sp³-hybridized carbons (Fsp3) is 0.389. The summed E-state index contributed by atoms with van der Waals surface area (Å²) in [6.07, 6.45) is 2.58. The Balaban J connectivity index is 1.64. The van der Waals surface area contributed by atoms with Crippen LogP contribution in [0.3, 0.4) is 0 Å². The van der Waals surface area contributed by atoms with Gasteiger partial charge < -0.3 is 10.6 Å². The van der Waals surface area contributed by atoms with Gasteiger partial charge in [0.05, 0.1) is 0 Å². The second-order valence-corrected chi connectivity index (χ2v) is 6.32. The lowest BCUT2D eigenvalue weighted by atomic mass is 10.1. The number of aryl methyl sites for hydroxylation is 1. The smallest absolute Gasteiger partial charge is 0.274 e. The maximum Gasteiger partial charge on any atom is 0.274 e. The summed E-state index contributed by atoms with van der Waals surface area (Å²) in [4.78, 5) is 28.2. The molecule has 132 valence electrons. The second kappa shape index (κ2) is 7.48. The fourth-order valence-corrected chi connectivity index (χ4v) is 3.15. The molecule has 25 heavy (non-hydrogen) atoms. The van der Waals surface area contributed by atoms with Gasteiger partial charge in [-0.3, -0.25) is 19.2 Å². The van der Waals surface area contributed by atoms with Gasteiger partial charge in [-0.15, -0.1) is 0 Å². The summed E-state index contributed by atoms with van der Waals surface area (Å²) in [5.74, 6) is -0.554. The molecule has 0 saturated carbocycles. The molecule has 7 nitrogen and oxygen atoms in total. The van der Waals surface area contributed by atoms with Crippen LogP contribution in [0.25, 0.3) is 0 Å². The quantitative estimate of drug-likeness (QED) is 0.846. The van der Waals surface area contributed by atoms with Crippen LogP contribution in [0.4, 0.5) is 0 Å². The first-order valence-corrected chi connectivity index (χ1v) is 8.41. The Hall–Kier alpha value is -2.67. The first-order chi connectivity index (χ1) is 12.0. The molecule has 1 aliphatic rings. The molecule has 1 aliphatic heterocycles. The third kappa shape index (κ3) is 4.06. The second-order valence-electron chi connectivity index (χ2n) is 6.32. The summed E-state index contributed by atoms with van der Waals surface area (Å²) in [6.45, 7) is 2.23. The zero-order valence-electron chi connectivity index (χ0n) is 14.3. The number of nitrogens with two attached hydrogens (primary N) is 1. The predicted octanol–water partition coefficient (Wildman–Crippen LogP) is 0.275. The van der Waals surface area contributed by atoms with Crippen LogP contribution in [0.15, 0.2) is 42.6 Å². The minimum absolute atomic E-state index is 0.158. The van der Waals surface area contributed by atoms with Crippen LogP contribution >= 0.6 is 0 Å². The Morgan fingerprint density at radius 3 is 2.60 bits per heavy atom. The molecule has 2 N–H and O–H groups in total. The van der Waals surface area contributed by atoms with E-state index in [0.29, 0.717) is 25.3 Å². The molecule has 2 amide bonds. The van der Waals surface area contributed by atoms with E-state index in [-0.39, 0.29) is 5.91 Å².